The molecule has 0 bridgehead atoms. The third-order valence-electron chi connectivity index (χ3n) is 3.36. The van der Waals surface area contributed by atoms with Crippen LogP contribution in [0.4, 0.5) is 19.0 Å². The van der Waals surface area contributed by atoms with Crippen LogP contribution in [-0.2, 0) is 17.4 Å². The molecule has 3 heterocycles. The van der Waals surface area contributed by atoms with Crippen molar-refractivity contribution in [2.75, 3.05) is 5.32 Å². The molecular formula is C12H10F3N3O2S. The number of thiophene rings is 1. The van der Waals surface area contributed by atoms with Crippen LogP contribution in [0.2, 0.25) is 0 Å². The molecule has 5 nitrogen and oxygen atoms in total. The summed E-state index contributed by atoms with van der Waals surface area (Å²) in [6, 6.07) is 3.29. The lowest BCUT2D eigenvalue weighted by atomic mass is 9.86. The highest BCUT2D eigenvalue weighted by atomic mass is 32.1. The van der Waals surface area contributed by atoms with Crippen LogP contribution in [0.25, 0.3) is 10.6 Å². The Morgan fingerprint density at radius 3 is 2.81 bits per heavy atom. The second-order valence-electron chi connectivity index (χ2n) is 4.76. The Hall–Kier alpha value is -1.87. The predicted molar refractivity (Wildman–Crippen MR) is 69.7 cm³/mol. The molecule has 0 radical (unpaired) electrons. The summed E-state index contributed by atoms with van der Waals surface area (Å²) in [5, 5.41) is 18.3. The van der Waals surface area contributed by atoms with Gasteiger partial charge in [-0.1, -0.05) is 6.07 Å². The van der Waals surface area contributed by atoms with Gasteiger partial charge in [-0.2, -0.15) is 18.3 Å². The topological polar surface area (TPSA) is 67.2 Å². The highest BCUT2D eigenvalue weighted by Crippen LogP contribution is 2.50. The van der Waals surface area contributed by atoms with Crippen molar-refractivity contribution in [3.63, 3.8) is 0 Å². The Kier molecular flexibility index (Phi) is 2.89. The minimum Gasteiger partial charge on any atom is -0.376 e. The number of amides is 1. The average Bonchev–Trinajstić information content (AvgIpc) is 2.96. The van der Waals surface area contributed by atoms with E-state index in [2.05, 4.69) is 10.4 Å². The number of carbonyl (C=O) groups is 1. The molecule has 21 heavy (non-hydrogen) atoms. The molecule has 1 aliphatic heterocycles. The summed E-state index contributed by atoms with van der Waals surface area (Å²) in [5.41, 5.74) is -3.61. The summed E-state index contributed by atoms with van der Waals surface area (Å²) < 4.78 is 41.2. The lowest BCUT2D eigenvalue weighted by molar-refractivity contribution is -0.267. The van der Waals surface area contributed by atoms with Gasteiger partial charge in [-0.25, -0.2) is 0 Å². The number of nitrogens with one attached hydrogen (secondary N) is 1. The lowest BCUT2D eigenvalue weighted by Gasteiger charge is -2.34. The van der Waals surface area contributed by atoms with E-state index in [-0.39, 0.29) is 11.5 Å². The van der Waals surface area contributed by atoms with Gasteiger partial charge in [0.2, 0.25) is 5.91 Å². The number of hydrogen-bond acceptors (Lipinski definition) is 4. The summed E-state index contributed by atoms with van der Waals surface area (Å²) in [7, 11) is 1.42. The van der Waals surface area contributed by atoms with E-state index in [9.17, 15) is 23.1 Å². The molecule has 1 atom stereocenters. The van der Waals surface area contributed by atoms with Gasteiger partial charge in [-0.05, 0) is 11.4 Å². The molecule has 112 valence electrons. The van der Waals surface area contributed by atoms with Crippen molar-refractivity contribution in [2.24, 2.45) is 7.05 Å². The van der Waals surface area contributed by atoms with E-state index in [1.807, 2.05) is 0 Å². The average molecular weight is 317 g/mol. The number of rotatable bonds is 1. The largest absolute Gasteiger partial charge is 0.422 e. The Balaban J connectivity index is 2.31. The number of aromatic nitrogens is 2. The van der Waals surface area contributed by atoms with Crippen molar-refractivity contribution < 1.29 is 23.1 Å². The number of halogens is 3. The molecule has 0 aliphatic carbocycles. The molecule has 1 unspecified atom stereocenters. The van der Waals surface area contributed by atoms with Gasteiger partial charge >= 0.3 is 6.18 Å². The van der Waals surface area contributed by atoms with Crippen LogP contribution >= 0.6 is 11.3 Å². The lowest BCUT2D eigenvalue weighted by Crippen LogP contribution is -2.48. The molecule has 0 saturated heterocycles. The molecule has 0 fully saturated rings. The van der Waals surface area contributed by atoms with E-state index in [0.29, 0.717) is 4.88 Å². The monoisotopic (exact) mass is 317 g/mol. The molecule has 0 saturated carbocycles. The number of anilines is 1. The first-order chi connectivity index (χ1) is 9.74. The third kappa shape index (κ3) is 1.95. The zero-order chi connectivity index (χ0) is 15.4. The second kappa shape index (κ2) is 4.31. The molecule has 2 aromatic rings. The van der Waals surface area contributed by atoms with Crippen LogP contribution in [0, 0.1) is 0 Å². The van der Waals surface area contributed by atoms with E-state index in [1.54, 1.807) is 17.5 Å². The summed E-state index contributed by atoms with van der Waals surface area (Å²) in [5.74, 6) is -1.03. The maximum atomic E-state index is 13.3. The number of nitrogens with zero attached hydrogens (tertiary/aromatic N) is 2. The molecule has 0 spiro atoms. The molecule has 9 heteroatoms. The van der Waals surface area contributed by atoms with Gasteiger partial charge in [0.05, 0.1) is 16.9 Å². The van der Waals surface area contributed by atoms with Crippen LogP contribution in [0.1, 0.15) is 12.0 Å². The Morgan fingerprint density at radius 2 is 2.24 bits per heavy atom. The molecule has 2 N–H and O–H groups in total. The molecule has 1 amide bonds. The number of carbonyl (C=O) groups excluding carboxylic acids is 1. The highest BCUT2D eigenvalue weighted by Gasteiger charge is 2.61. The fourth-order valence-corrected chi connectivity index (χ4v) is 3.10. The quantitative estimate of drug-likeness (QED) is 0.848. The van der Waals surface area contributed by atoms with Gasteiger partial charge < -0.3 is 10.4 Å². The summed E-state index contributed by atoms with van der Waals surface area (Å²) in [4.78, 5) is 12.0. The molecule has 2 aromatic heterocycles. The van der Waals surface area contributed by atoms with Crippen LogP contribution in [0.5, 0.6) is 0 Å². The predicted octanol–water partition coefficient (Wildman–Crippen LogP) is 2.24. The standard InChI is InChI=1S/C12H10F3N3O2S/c1-18-10-8(9(17-18)6-3-2-4-21-6)11(20,12(13,14)15)5-7(19)16-10/h2-4,20H,5H2,1H3,(H,16,19). The number of alkyl halides is 3. The number of fused-ring (bicyclic) bond motifs is 1. The SMILES string of the molecule is Cn1nc(-c2cccs2)c2c1NC(=O)CC2(O)C(F)(F)F. The van der Waals surface area contributed by atoms with Crippen molar-refractivity contribution in [3.8, 4) is 10.6 Å². The van der Waals surface area contributed by atoms with Crippen LogP contribution in [0.15, 0.2) is 17.5 Å². The highest BCUT2D eigenvalue weighted by molar-refractivity contribution is 7.13. The maximum Gasteiger partial charge on any atom is 0.422 e. The van der Waals surface area contributed by atoms with Gasteiger partial charge in [-0.15, -0.1) is 11.3 Å². The van der Waals surface area contributed by atoms with Gasteiger partial charge in [-0.3, -0.25) is 9.48 Å². The van der Waals surface area contributed by atoms with Crippen molar-refractivity contribution in [3.05, 3.63) is 23.1 Å². The van der Waals surface area contributed by atoms with Gasteiger partial charge in [0.1, 0.15) is 11.5 Å². The first kappa shape index (κ1) is 14.1. The van der Waals surface area contributed by atoms with E-state index >= 15 is 0 Å². The number of aliphatic hydroxyl groups is 1. The maximum absolute atomic E-state index is 13.3. The van der Waals surface area contributed by atoms with E-state index < -0.39 is 29.7 Å². The van der Waals surface area contributed by atoms with E-state index in [4.69, 9.17) is 0 Å². The first-order valence-electron chi connectivity index (χ1n) is 5.94. The molecule has 0 aromatic carbocycles. The smallest absolute Gasteiger partial charge is 0.376 e. The fourth-order valence-electron chi connectivity index (χ4n) is 2.38. The molecule has 3 rings (SSSR count). The van der Waals surface area contributed by atoms with Gasteiger partial charge in [0.15, 0.2) is 5.60 Å². The Morgan fingerprint density at radius 1 is 1.52 bits per heavy atom. The van der Waals surface area contributed by atoms with Crippen molar-refractivity contribution >= 4 is 23.1 Å². The second-order valence-corrected chi connectivity index (χ2v) is 5.70. The summed E-state index contributed by atoms with van der Waals surface area (Å²) >= 11 is 1.21. The Labute approximate surface area is 121 Å². The van der Waals surface area contributed by atoms with Crippen molar-refractivity contribution in [1.82, 2.24) is 9.78 Å². The van der Waals surface area contributed by atoms with E-state index in [0.717, 1.165) is 4.68 Å². The fraction of sp³-hybridized carbons (Fsp3) is 0.333. The first-order valence-corrected chi connectivity index (χ1v) is 6.82. The number of hydrogen-bond donors (Lipinski definition) is 2. The zero-order valence-corrected chi connectivity index (χ0v) is 11.5. The molecular weight excluding hydrogens is 307 g/mol. The van der Waals surface area contributed by atoms with Crippen LogP contribution < -0.4 is 5.32 Å². The van der Waals surface area contributed by atoms with Crippen molar-refractivity contribution in [2.45, 2.75) is 18.2 Å². The van der Waals surface area contributed by atoms with Gasteiger partial charge in [0, 0.05) is 7.05 Å². The van der Waals surface area contributed by atoms with Crippen molar-refractivity contribution in [1.29, 1.82) is 0 Å². The number of aryl methyl sites for hydroxylation is 1. The third-order valence-corrected chi connectivity index (χ3v) is 4.24. The normalized spacial score (nSPS) is 22.0. The minimum absolute atomic E-state index is 0.0299. The van der Waals surface area contributed by atoms with Crippen LogP contribution in [-0.4, -0.2) is 27.0 Å². The van der Waals surface area contributed by atoms with Gasteiger partial charge in [0.25, 0.3) is 0 Å². The summed E-state index contributed by atoms with van der Waals surface area (Å²) in [6.07, 6.45) is -6.05. The minimum atomic E-state index is -4.98. The molecule has 1 aliphatic rings. The van der Waals surface area contributed by atoms with E-state index in [1.165, 1.54) is 18.4 Å². The van der Waals surface area contributed by atoms with Crippen LogP contribution in [0.3, 0.4) is 0 Å². The zero-order valence-electron chi connectivity index (χ0n) is 10.7. The summed E-state index contributed by atoms with van der Waals surface area (Å²) in [6.45, 7) is 0. The Bertz CT molecular complexity index is 708.